The highest BCUT2D eigenvalue weighted by Crippen LogP contribution is 2.31. The first-order valence-corrected chi connectivity index (χ1v) is 11.7. The summed E-state index contributed by atoms with van der Waals surface area (Å²) in [6, 6.07) is 5.08. The second-order valence-electron chi connectivity index (χ2n) is 6.97. The normalized spacial score (nSPS) is 12.3. The number of aromatic nitrogens is 2. The molecule has 0 spiro atoms. The molecule has 0 amide bonds. The van der Waals surface area contributed by atoms with Gasteiger partial charge >= 0.3 is 6.18 Å². The second kappa shape index (κ2) is 9.00. The number of rotatable bonds is 8. The van der Waals surface area contributed by atoms with Crippen molar-refractivity contribution < 1.29 is 26.4 Å². The molecule has 0 radical (unpaired) electrons. The predicted molar refractivity (Wildman–Crippen MR) is 116 cm³/mol. The summed E-state index contributed by atoms with van der Waals surface area (Å²) in [6.45, 7) is 6.24. The first kappa shape index (κ1) is 23.9. The number of hydrogen-bond donors (Lipinski definition) is 0. The minimum Gasteiger partial charge on any atom is -0.294 e. The number of aryl methyl sites for hydroxylation is 1. The van der Waals surface area contributed by atoms with Crippen LogP contribution >= 0.6 is 11.3 Å². The third-order valence-corrected chi connectivity index (χ3v) is 7.36. The Morgan fingerprint density at radius 1 is 1.28 bits per heavy atom. The summed E-state index contributed by atoms with van der Waals surface area (Å²) in [6.07, 6.45) is -1.79. The van der Waals surface area contributed by atoms with Crippen LogP contribution < -0.4 is 0 Å². The van der Waals surface area contributed by atoms with Gasteiger partial charge in [0.25, 0.3) is 0 Å². The lowest BCUT2D eigenvalue weighted by Gasteiger charge is -2.20. The van der Waals surface area contributed by atoms with E-state index in [1.54, 1.807) is 36.1 Å². The number of ketones is 1. The zero-order valence-electron chi connectivity index (χ0n) is 17.3. The molecule has 0 bridgehead atoms. The number of nitrogens with zero attached hydrogens (tertiary/aromatic N) is 3. The number of carbonyl (C=O) groups excluding carboxylic acids is 1. The predicted octanol–water partition coefficient (Wildman–Crippen LogP) is 4.63. The molecule has 0 aliphatic rings. The zero-order chi connectivity index (χ0) is 23.7. The number of carbonyl (C=O) groups is 1. The van der Waals surface area contributed by atoms with Gasteiger partial charge in [0, 0.05) is 35.1 Å². The van der Waals surface area contributed by atoms with Crippen LogP contribution in [0, 0.1) is 13.8 Å². The molecule has 0 aliphatic carbocycles. The van der Waals surface area contributed by atoms with Gasteiger partial charge in [-0.15, -0.1) is 17.9 Å². The number of hydrogen-bond acceptors (Lipinski definition) is 5. The Morgan fingerprint density at radius 3 is 2.59 bits per heavy atom. The van der Waals surface area contributed by atoms with Crippen LogP contribution in [0.25, 0.3) is 5.13 Å². The van der Waals surface area contributed by atoms with E-state index in [0.29, 0.717) is 22.5 Å². The van der Waals surface area contributed by atoms with Crippen LogP contribution in [-0.4, -0.2) is 41.1 Å². The summed E-state index contributed by atoms with van der Waals surface area (Å²) >= 11 is 1.39. The highest BCUT2D eigenvalue weighted by Gasteiger charge is 2.33. The number of halogens is 3. The smallest absolute Gasteiger partial charge is 0.294 e. The number of benzene rings is 1. The van der Waals surface area contributed by atoms with E-state index >= 15 is 0 Å². The molecule has 3 aromatic rings. The molecular formula is C21H20F3N3O3S2. The minimum absolute atomic E-state index is 0.241. The minimum atomic E-state index is -4.70. The first-order chi connectivity index (χ1) is 15.0. The van der Waals surface area contributed by atoms with Crippen molar-refractivity contribution in [1.82, 2.24) is 13.9 Å². The van der Waals surface area contributed by atoms with Gasteiger partial charge < -0.3 is 0 Å². The van der Waals surface area contributed by atoms with E-state index in [0.717, 1.165) is 28.2 Å². The van der Waals surface area contributed by atoms with Gasteiger partial charge in [-0.3, -0.25) is 9.36 Å². The number of Topliss-reactive ketones (excluding diaryl/α,β-unsaturated/α-hetero) is 1. The Hall–Kier alpha value is -2.76. The van der Waals surface area contributed by atoms with Crippen molar-refractivity contribution in [2.75, 3.05) is 13.1 Å². The highest BCUT2D eigenvalue weighted by molar-refractivity contribution is 7.89. The van der Waals surface area contributed by atoms with Crippen molar-refractivity contribution in [1.29, 1.82) is 0 Å². The van der Waals surface area contributed by atoms with Crippen molar-refractivity contribution in [3.63, 3.8) is 0 Å². The molecule has 2 heterocycles. The fraction of sp³-hybridized carbons (Fsp3) is 0.238. The van der Waals surface area contributed by atoms with Gasteiger partial charge in [0.05, 0.1) is 17.0 Å². The number of thiazole rings is 1. The first-order valence-electron chi connectivity index (χ1n) is 9.37. The monoisotopic (exact) mass is 483 g/mol. The van der Waals surface area contributed by atoms with Crippen LogP contribution in [-0.2, 0) is 16.2 Å². The van der Waals surface area contributed by atoms with E-state index in [-0.39, 0.29) is 6.54 Å². The zero-order valence-corrected chi connectivity index (χ0v) is 18.9. The SMILES string of the molecule is C=CCN(CC(=O)c1cc(C)n(-c2nccs2)c1C)S(=O)(=O)c1cccc(C(F)(F)F)c1. The van der Waals surface area contributed by atoms with Crippen LogP contribution in [0.5, 0.6) is 0 Å². The van der Waals surface area contributed by atoms with E-state index in [1.165, 1.54) is 17.4 Å². The molecule has 0 saturated heterocycles. The molecule has 170 valence electrons. The maximum atomic E-state index is 13.1. The standard InChI is InChI=1S/C21H20F3N3O3S2/c1-4-9-26(32(29,30)17-7-5-6-16(12-17)21(22,23)24)13-19(28)18-11-14(2)27(15(18)3)20-25-8-10-31-20/h4-8,10-12H,1,9,13H2,2-3H3. The lowest BCUT2D eigenvalue weighted by molar-refractivity contribution is -0.137. The van der Waals surface area contributed by atoms with Crippen LogP contribution in [0.1, 0.15) is 27.3 Å². The Morgan fingerprint density at radius 2 is 2.00 bits per heavy atom. The average Bonchev–Trinajstić information content (AvgIpc) is 3.34. The van der Waals surface area contributed by atoms with Gasteiger partial charge in [0.1, 0.15) is 0 Å². The van der Waals surface area contributed by atoms with Gasteiger partial charge in [-0.2, -0.15) is 17.5 Å². The molecule has 0 fully saturated rings. The Kier molecular flexibility index (Phi) is 6.72. The average molecular weight is 484 g/mol. The van der Waals surface area contributed by atoms with Crippen LogP contribution in [0.15, 0.2) is 59.5 Å². The Bertz CT molecular complexity index is 1250. The summed E-state index contributed by atoms with van der Waals surface area (Å²) in [4.78, 5) is 16.7. The largest absolute Gasteiger partial charge is 0.416 e. The molecule has 0 atom stereocenters. The molecule has 0 saturated carbocycles. The molecule has 3 rings (SSSR count). The summed E-state index contributed by atoms with van der Waals surface area (Å²) < 4.78 is 67.9. The molecule has 0 N–H and O–H groups in total. The van der Waals surface area contributed by atoms with Gasteiger partial charge in [0.2, 0.25) is 10.0 Å². The summed E-state index contributed by atoms with van der Waals surface area (Å²) in [5.74, 6) is -0.488. The maximum Gasteiger partial charge on any atom is 0.416 e. The Balaban J connectivity index is 1.95. The van der Waals surface area contributed by atoms with Crippen molar-refractivity contribution in [3.05, 3.63) is 77.1 Å². The van der Waals surface area contributed by atoms with Crippen molar-refractivity contribution in [3.8, 4) is 5.13 Å². The summed E-state index contributed by atoms with van der Waals surface area (Å²) in [7, 11) is -4.38. The third-order valence-electron chi connectivity index (χ3n) is 4.79. The summed E-state index contributed by atoms with van der Waals surface area (Å²) in [5.41, 5.74) is 0.565. The molecule has 0 aliphatic heterocycles. The molecule has 11 heteroatoms. The van der Waals surface area contributed by atoms with Crippen LogP contribution in [0.4, 0.5) is 13.2 Å². The maximum absolute atomic E-state index is 13.1. The van der Waals surface area contributed by atoms with E-state index in [1.807, 2.05) is 0 Å². The lowest BCUT2D eigenvalue weighted by Crippen LogP contribution is -2.36. The molecule has 6 nitrogen and oxygen atoms in total. The fourth-order valence-corrected chi connectivity index (χ4v) is 5.45. The van der Waals surface area contributed by atoms with E-state index < -0.39 is 39.0 Å². The molecule has 0 unspecified atom stereocenters. The molecular weight excluding hydrogens is 463 g/mol. The molecule has 2 aromatic heterocycles. The topological polar surface area (TPSA) is 72.3 Å². The summed E-state index contributed by atoms with van der Waals surface area (Å²) in [5, 5.41) is 2.46. The number of alkyl halides is 3. The third kappa shape index (κ3) is 4.69. The quantitative estimate of drug-likeness (QED) is 0.346. The van der Waals surface area contributed by atoms with Gasteiger partial charge in [0.15, 0.2) is 10.9 Å². The molecule has 32 heavy (non-hydrogen) atoms. The van der Waals surface area contributed by atoms with E-state index in [9.17, 15) is 26.4 Å². The van der Waals surface area contributed by atoms with Crippen molar-refractivity contribution in [2.24, 2.45) is 0 Å². The lowest BCUT2D eigenvalue weighted by atomic mass is 10.1. The van der Waals surface area contributed by atoms with E-state index in [4.69, 9.17) is 0 Å². The van der Waals surface area contributed by atoms with Gasteiger partial charge in [-0.25, -0.2) is 13.4 Å². The second-order valence-corrected chi connectivity index (χ2v) is 9.78. The molecule has 1 aromatic carbocycles. The Labute approximate surface area is 187 Å². The fourth-order valence-electron chi connectivity index (χ4n) is 3.28. The highest BCUT2D eigenvalue weighted by atomic mass is 32.2. The van der Waals surface area contributed by atoms with E-state index in [2.05, 4.69) is 11.6 Å². The van der Waals surface area contributed by atoms with Gasteiger partial charge in [-0.1, -0.05) is 12.1 Å². The van der Waals surface area contributed by atoms with Gasteiger partial charge in [-0.05, 0) is 38.1 Å². The van der Waals surface area contributed by atoms with Crippen molar-refractivity contribution in [2.45, 2.75) is 24.9 Å². The number of sulfonamides is 1. The van der Waals surface area contributed by atoms with Crippen LogP contribution in [0.3, 0.4) is 0 Å². The van der Waals surface area contributed by atoms with Crippen LogP contribution in [0.2, 0.25) is 0 Å². The van der Waals surface area contributed by atoms with Crippen molar-refractivity contribution >= 4 is 27.1 Å².